The Balaban J connectivity index is 2.11. The van der Waals surface area contributed by atoms with Crippen LogP contribution < -0.4 is 0 Å². The molecular weight excluding hydrogens is 254 g/mol. The Bertz CT molecular complexity index is 658. The molecular formula is C20H21N. The van der Waals surface area contributed by atoms with Crippen molar-refractivity contribution in [1.29, 1.82) is 5.41 Å². The minimum absolute atomic E-state index is 0.370. The molecule has 1 aromatic carbocycles. The highest BCUT2D eigenvalue weighted by Crippen LogP contribution is 2.35. The van der Waals surface area contributed by atoms with Gasteiger partial charge in [-0.15, -0.1) is 0 Å². The van der Waals surface area contributed by atoms with E-state index in [1.54, 1.807) is 0 Å². The average Bonchev–Trinajstić information content (AvgIpc) is 2.54. The summed E-state index contributed by atoms with van der Waals surface area (Å²) in [5.74, 6) is 0.754. The van der Waals surface area contributed by atoms with Crippen molar-refractivity contribution in [3.8, 4) is 0 Å². The molecule has 1 nitrogen and oxygen atoms in total. The molecule has 0 aromatic heterocycles. The Morgan fingerprint density at radius 1 is 1.29 bits per heavy atom. The van der Waals surface area contributed by atoms with Crippen molar-refractivity contribution >= 4 is 11.8 Å². The normalized spacial score (nSPS) is 25.8. The zero-order chi connectivity index (χ0) is 14.7. The predicted molar refractivity (Wildman–Crippen MR) is 90.6 cm³/mol. The van der Waals surface area contributed by atoms with E-state index in [4.69, 9.17) is 5.41 Å². The Hall–Kier alpha value is -2.15. The van der Waals surface area contributed by atoms with E-state index in [1.807, 2.05) is 12.1 Å². The zero-order valence-corrected chi connectivity index (χ0v) is 12.4. The molecule has 0 saturated heterocycles. The third kappa shape index (κ3) is 2.69. The molecule has 0 spiro atoms. The van der Waals surface area contributed by atoms with Gasteiger partial charge in [-0.3, -0.25) is 5.41 Å². The number of hydrogen-bond acceptors (Lipinski definition) is 1. The van der Waals surface area contributed by atoms with Gasteiger partial charge in [0.1, 0.15) is 0 Å². The highest BCUT2D eigenvalue weighted by molar-refractivity contribution is 6.13. The van der Waals surface area contributed by atoms with Crippen LogP contribution in [0.4, 0.5) is 0 Å². The summed E-state index contributed by atoms with van der Waals surface area (Å²) in [4.78, 5) is 0. The van der Waals surface area contributed by atoms with Crippen LogP contribution >= 0.6 is 0 Å². The third-order valence-electron chi connectivity index (χ3n) is 4.28. The molecule has 0 heterocycles. The molecule has 2 aliphatic carbocycles. The Morgan fingerprint density at radius 3 is 3.00 bits per heavy atom. The van der Waals surface area contributed by atoms with E-state index in [0.717, 1.165) is 24.0 Å². The van der Waals surface area contributed by atoms with Crippen LogP contribution in [0.1, 0.15) is 30.9 Å². The Morgan fingerprint density at radius 2 is 2.14 bits per heavy atom. The first-order valence-electron chi connectivity index (χ1n) is 7.71. The average molecular weight is 275 g/mol. The SMILES string of the molecule is CCC=CC1/C=C\c2ccccc2C(=N)C2=CC=CCC21. The number of fused-ring (bicyclic) bond motifs is 2. The molecule has 0 aliphatic heterocycles. The van der Waals surface area contributed by atoms with Crippen molar-refractivity contribution in [1.82, 2.24) is 0 Å². The van der Waals surface area contributed by atoms with Crippen molar-refractivity contribution in [2.45, 2.75) is 19.8 Å². The first kappa shape index (κ1) is 13.8. The van der Waals surface area contributed by atoms with Gasteiger partial charge in [0.2, 0.25) is 0 Å². The lowest BCUT2D eigenvalue weighted by molar-refractivity contribution is 0.544. The lowest BCUT2D eigenvalue weighted by Gasteiger charge is -2.29. The summed E-state index contributed by atoms with van der Waals surface area (Å²) >= 11 is 0. The number of benzene rings is 1. The largest absolute Gasteiger partial charge is 0.300 e. The molecule has 1 heteroatoms. The van der Waals surface area contributed by atoms with Gasteiger partial charge in [-0.1, -0.05) is 73.7 Å². The fourth-order valence-electron chi connectivity index (χ4n) is 3.15. The maximum Gasteiger partial charge on any atom is 0.0653 e. The highest BCUT2D eigenvalue weighted by Gasteiger charge is 2.27. The first-order valence-corrected chi connectivity index (χ1v) is 7.71. The second kappa shape index (κ2) is 6.09. The van der Waals surface area contributed by atoms with Crippen molar-refractivity contribution in [2.24, 2.45) is 11.8 Å². The van der Waals surface area contributed by atoms with Gasteiger partial charge in [-0.05, 0) is 29.9 Å². The van der Waals surface area contributed by atoms with Crippen LogP contribution in [0.15, 0.2) is 66.3 Å². The van der Waals surface area contributed by atoms with Gasteiger partial charge in [-0.25, -0.2) is 0 Å². The molecule has 0 amide bonds. The van der Waals surface area contributed by atoms with Gasteiger partial charge in [0.15, 0.2) is 0 Å². The van der Waals surface area contributed by atoms with Gasteiger partial charge in [-0.2, -0.15) is 0 Å². The van der Waals surface area contributed by atoms with Crippen molar-refractivity contribution in [3.05, 3.63) is 77.4 Å². The molecule has 0 saturated carbocycles. The standard InChI is InChI=1S/C20H21N/c1-2-3-8-15-13-14-16-9-4-5-11-18(16)20(21)19-12-7-6-10-17(15)19/h3-9,11-15,17,21H,2,10H2,1H3/b8-3?,14-13-,21-20?. The van der Waals surface area contributed by atoms with E-state index in [0.29, 0.717) is 17.5 Å². The summed E-state index contributed by atoms with van der Waals surface area (Å²) in [7, 11) is 0. The second-order valence-electron chi connectivity index (χ2n) is 5.63. The van der Waals surface area contributed by atoms with E-state index < -0.39 is 0 Å². The minimum atomic E-state index is 0.370. The fraction of sp³-hybridized carbons (Fsp3) is 0.250. The Labute approximate surface area is 126 Å². The molecule has 3 rings (SSSR count). The topological polar surface area (TPSA) is 23.9 Å². The van der Waals surface area contributed by atoms with Crippen LogP contribution in [0.3, 0.4) is 0 Å². The quantitative estimate of drug-likeness (QED) is 0.720. The van der Waals surface area contributed by atoms with E-state index >= 15 is 0 Å². The zero-order valence-electron chi connectivity index (χ0n) is 12.4. The molecule has 1 aromatic rings. The maximum atomic E-state index is 8.64. The lowest BCUT2D eigenvalue weighted by atomic mass is 9.75. The van der Waals surface area contributed by atoms with E-state index in [1.165, 1.54) is 5.57 Å². The predicted octanol–water partition coefficient (Wildman–Crippen LogP) is 5.17. The van der Waals surface area contributed by atoms with E-state index in [9.17, 15) is 0 Å². The van der Waals surface area contributed by atoms with Gasteiger partial charge >= 0.3 is 0 Å². The van der Waals surface area contributed by atoms with Crippen LogP contribution in [-0.4, -0.2) is 5.71 Å². The molecule has 1 N–H and O–H groups in total. The molecule has 2 unspecified atom stereocenters. The summed E-state index contributed by atoms with van der Waals surface area (Å²) in [6.07, 6.45) is 17.5. The van der Waals surface area contributed by atoms with Gasteiger partial charge in [0, 0.05) is 11.5 Å². The van der Waals surface area contributed by atoms with Gasteiger partial charge in [0.05, 0.1) is 5.71 Å². The van der Waals surface area contributed by atoms with Crippen molar-refractivity contribution in [3.63, 3.8) is 0 Å². The fourth-order valence-corrected chi connectivity index (χ4v) is 3.15. The minimum Gasteiger partial charge on any atom is -0.300 e. The summed E-state index contributed by atoms with van der Waals surface area (Å²) in [5.41, 5.74) is 4.03. The smallest absolute Gasteiger partial charge is 0.0653 e. The lowest BCUT2D eigenvalue weighted by Crippen LogP contribution is -2.22. The summed E-state index contributed by atoms with van der Waals surface area (Å²) < 4.78 is 0. The summed E-state index contributed by atoms with van der Waals surface area (Å²) in [5, 5.41) is 8.64. The van der Waals surface area contributed by atoms with Crippen LogP contribution in [0, 0.1) is 17.2 Å². The third-order valence-corrected chi connectivity index (χ3v) is 4.28. The number of allylic oxidation sites excluding steroid dienone is 7. The Kier molecular flexibility index (Phi) is 4.01. The van der Waals surface area contributed by atoms with E-state index in [-0.39, 0.29) is 0 Å². The number of rotatable bonds is 2. The summed E-state index contributed by atoms with van der Waals surface area (Å²) in [6.45, 7) is 2.16. The molecule has 0 bridgehead atoms. The van der Waals surface area contributed by atoms with Crippen molar-refractivity contribution in [2.75, 3.05) is 0 Å². The molecule has 2 atom stereocenters. The van der Waals surface area contributed by atoms with Gasteiger partial charge in [0.25, 0.3) is 0 Å². The molecule has 2 aliphatic rings. The summed E-state index contributed by atoms with van der Waals surface area (Å²) in [6, 6.07) is 8.22. The highest BCUT2D eigenvalue weighted by atomic mass is 14.5. The number of hydrogen-bond donors (Lipinski definition) is 1. The van der Waals surface area contributed by atoms with Crippen molar-refractivity contribution < 1.29 is 0 Å². The molecule has 0 radical (unpaired) electrons. The number of nitrogens with one attached hydrogen (secondary N) is 1. The van der Waals surface area contributed by atoms with Crippen LogP contribution in [0.25, 0.3) is 6.08 Å². The van der Waals surface area contributed by atoms with Crippen LogP contribution in [-0.2, 0) is 0 Å². The monoisotopic (exact) mass is 275 g/mol. The molecule has 106 valence electrons. The van der Waals surface area contributed by atoms with Crippen LogP contribution in [0.2, 0.25) is 0 Å². The maximum absolute atomic E-state index is 8.64. The second-order valence-corrected chi connectivity index (χ2v) is 5.63. The molecule has 21 heavy (non-hydrogen) atoms. The van der Waals surface area contributed by atoms with Crippen LogP contribution in [0.5, 0.6) is 0 Å². The van der Waals surface area contributed by atoms with Gasteiger partial charge < -0.3 is 0 Å². The molecule has 0 fully saturated rings. The first-order chi connectivity index (χ1) is 10.3. The van der Waals surface area contributed by atoms with E-state index in [2.05, 4.69) is 61.6 Å².